The van der Waals surface area contributed by atoms with Gasteiger partial charge in [-0.1, -0.05) is 42.1 Å². The number of nitrogens with zero attached hydrogens (tertiary/aromatic N) is 3. The summed E-state index contributed by atoms with van der Waals surface area (Å²) >= 11 is 14.5. The third-order valence-electron chi connectivity index (χ3n) is 9.39. The first-order valence-electron chi connectivity index (χ1n) is 15.3. The predicted molar refractivity (Wildman–Crippen MR) is 174 cm³/mol. The number of carbonyl (C=O) groups excluding carboxylic acids is 2. The van der Waals surface area contributed by atoms with E-state index in [0.717, 1.165) is 30.7 Å². The molecule has 5 N–H and O–H groups in total. The van der Waals surface area contributed by atoms with E-state index in [1.807, 2.05) is 5.38 Å². The molecule has 1 aromatic carbocycles. The number of hydrogen-bond donors (Lipinski definition) is 4. The molecular formula is C32H37Cl2N5O6S. The van der Waals surface area contributed by atoms with Crippen LogP contribution in [0.3, 0.4) is 0 Å². The number of hydrogen-bond acceptors (Lipinski definition) is 8. The zero-order chi connectivity index (χ0) is 33.0. The number of rotatable bonds is 12. The lowest BCUT2D eigenvalue weighted by Gasteiger charge is -2.37. The summed E-state index contributed by atoms with van der Waals surface area (Å²) in [4.78, 5) is 59.7. The highest BCUT2D eigenvalue weighted by Crippen LogP contribution is 2.45. The second kappa shape index (κ2) is 14.5. The molecule has 14 heteroatoms. The van der Waals surface area contributed by atoms with E-state index in [2.05, 4.69) is 15.2 Å². The summed E-state index contributed by atoms with van der Waals surface area (Å²) in [5, 5.41) is 26.8. The number of carboxylic acid groups (broad SMARTS) is 2. The fraction of sp³-hybridized carbons (Fsp3) is 0.469. The number of dihydropyridines is 1. The van der Waals surface area contributed by atoms with Crippen molar-refractivity contribution in [1.29, 1.82) is 0 Å². The van der Waals surface area contributed by atoms with Crippen molar-refractivity contribution in [2.75, 3.05) is 32.7 Å². The molecule has 1 saturated heterocycles. The number of allylic oxidation sites excluding steroid dienone is 1. The molecule has 2 aromatic rings. The van der Waals surface area contributed by atoms with Gasteiger partial charge in [0.2, 0.25) is 11.8 Å². The number of piperazine rings is 1. The Morgan fingerprint density at radius 2 is 1.61 bits per heavy atom. The van der Waals surface area contributed by atoms with E-state index in [1.165, 1.54) is 23.5 Å². The average Bonchev–Trinajstić information content (AvgIpc) is 3.72. The number of aryl methyl sites for hydroxylation is 1. The number of thiazole rings is 1. The van der Waals surface area contributed by atoms with Gasteiger partial charge in [0.25, 0.3) is 0 Å². The van der Waals surface area contributed by atoms with Crippen LogP contribution >= 0.6 is 34.5 Å². The Morgan fingerprint density at radius 1 is 0.978 bits per heavy atom. The standard InChI is InChI=1S/C32H37Cl2N5O6S/c33-19-4-3-5-20(34)25(19)28-26(29(41)42)21(6-7-23-36-11-17-46-23)37-22(27(28)30(43)44)18-24(40)39-15-13-38(14-16-39)12-10-32(31(35)45)8-1-2-9-32/h3-5,11,17,28,37H,1-2,6-10,12-16,18H2,(H2,35,45)(H,41,42)(H,43,44). The maximum absolute atomic E-state index is 13.7. The normalized spacial score (nSPS) is 20.1. The quantitative estimate of drug-likeness (QED) is 0.252. The molecule has 0 spiro atoms. The zero-order valence-electron chi connectivity index (χ0n) is 25.3. The number of benzene rings is 1. The van der Waals surface area contributed by atoms with Crippen LogP contribution in [0.25, 0.3) is 0 Å². The molecule has 2 amide bonds. The Bertz CT molecular complexity index is 1540. The summed E-state index contributed by atoms with van der Waals surface area (Å²) in [6.45, 7) is 2.81. The van der Waals surface area contributed by atoms with Gasteiger partial charge in [-0.15, -0.1) is 11.3 Å². The number of nitrogens with one attached hydrogen (secondary N) is 1. The van der Waals surface area contributed by atoms with Crippen LogP contribution in [-0.4, -0.2) is 81.5 Å². The molecule has 1 saturated carbocycles. The summed E-state index contributed by atoms with van der Waals surface area (Å²) in [6.07, 6.45) is 6.34. The molecule has 46 heavy (non-hydrogen) atoms. The first-order chi connectivity index (χ1) is 22.0. The molecular weight excluding hydrogens is 653 g/mol. The van der Waals surface area contributed by atoms with E-state index in [4.69, 9.17) is 28.9 Å². The molecule has 3 aliphatic rings. The highest BCUT2D eigenvalue weighted by Gasteiger charge is 2.42. The van der Waals surface area contributed by atoms with E-state index in [0.29, 0.717) is 45.6 Å². The fourth-order valence-electron chi connectivity index (χ4n) is 6.86. The Labute approximate surface area is 281 Å². The highest BCUT2D eigenvalue weighted by atomic mass is 35.5. The molecule has 5 rings (SSSR count). The van der Waals surface area contributed by atoms with Crippen LogP contribution in [-0.2, 0) is 25.6 Å². The molecule has 0 radical (unpaired) electrons. The molecule has 1 atom stereocenters. The minimum atomic E-state index is -1.38. The van der Waals surface area contributed by atoms with Gasteiger partial charge in [-0.25, -0.2) is 14.6 Å². The predicted octanol–water partition coefficient (Wildman–Crippen LogP) is 4.42. The zero-order valence-corrected chi connectivity index (χ0v) is 27.6. The lowest BCUT2D eigenvalue weighted by molar-refractivity contribution is -0.133. The first kappa shape index (κ1) is 33.9. The van der Waals surface area contributed by atoms with Crippen LogP contribution in [0.1, 0.15) is 61.4 Å². The number of carboxylic acids is 2. The number of halogens is 2. The summed E-state index contributed by atoms with van der Waals surface area (Å²) in [5.41, 5.74) is 5.37. The summed E-state index contributed by atoms with van der Waals surface area (Å²) < 4.78 is 0. The number of amides is 2. The van der Waals surface area contributed by atoms with E-state index in [1.54, 1.807) is 17.2 Å². The minimum absolute atomic E-state index is 0.102. The monoisotopic (exact) mass is 689 g/mol. The van der Waals surface area contributed by atoms with Gasteiger partial charge in [0.15, 0.2) is 0 Å². The van der Waals surface area contributed by atoms with Crippen LogP contribution in [0.2, 0.25) is 10.0 Å². The van der Waals surface area contributed by atoms with Gasteiger partial charge in [0.1, 0.15) is 0 Å². The van der Waals surface area contributed by atoms with Crippen molar-refractivity contribution in [2.45, 2.75) is 57.3 Å². The van der Waals surface area contributed by atoms with Crippen molar-refractivity contribution >= 4 is 58.3 Å². The van der Waals surface area contributed by atoms with Gasteiger partial charge in [-0.3, -0.25) is 14.5 Å². The molecule has 11 nitrogen and oxygen atoms in total. The number of primary amides is 1. The molecule has 0 bridgehead atoms. The Hall–Kier alpha value is -3.45. The smallest absolute Gasteiger partial charge is 0.334 e. The third-order valence-corrected chi connectivity index (χ3v) is 10.9. The van der Waals surface area contributed by atoms with E-state index in [-0.39, 0.29) is 62.8 Å². The van der Waals surface area contributed by atoms with Gasteiger partial charge in [-0.2, -0.15) is 0 Å². The molecule has 1 unspecified atom stereocenters. The summed E-state index contributed by atoms with van der Waals surface area (Å²) in [5.74, 6) is -4.54. The van der Waals surface area contributed by atoms with Crippen molar-refractivity contribution in [2.24, 2.45) is 11.1 Å². The second-order valence-corrected chi connectivity index (χ2v) is 13.8. The minimum Gasteiger partial charge on any atom is -0.478 e. The van der Waals surface area contributed by atoms with Crippen molar-refractivity contribution in [3.63, 3.8) is 0 Å². The van der Waals surface area contributed by atoms with Crippen molar-refractivity contribution < 1.29 is 29.4 Å². The lowest BCUT2D eigenvalue weighted by atomic mass is 9.79. The van der Waals surface area contributed by atoms with Crippen molar-refractivity contribution in [3.05, 3.63) is 72.9 Å². The van der Waals surface area contributed by atoms with E-state index < -0.39 is 23.3 Å². The van der Waals surface area contributed by atoms with Crippen LogP contribution in [0, 0.1) is 5.41 Å². The van der Waals surface area contributed by atoms with Crippen LogP contribution in [0.4, 0.5) is 0 Å². The Balaban J connectivity index is 1.38. The molecule has 1 aliphatic carbocycles. The Kier molecular flexibility index (Phi) is 10.7. The van der Waals surface area contributed by atoms with E-state index >= 15 is 0 Å². The molecule has 2 fully saturated rings. The lowest BCUT2D eigenvalue weighted by Crippen LogP contribution is -2.50. The molecule has 2 aliphatic heterocycles. The van der Waals surface area contributed by atoms with E-state index in [9.17, 15) is 29.4 Å². The highest BCUT2D eigenvalue weighted by molar-refractivity contribution is 7.09. The average molecular weight is 691 g/mol. The van der Waals surface area contributed by atoms with Crippen molar-refractivity contribution in [1.82, 2.24) is 20.1 Å². The molecule has 246 valence electrons. The maximum atomic E-state index is 13.7. The number of nitrogens with two attached hydrogens (primary N) is 1. The first-order valence-corrected chi connectivity index (χ1v) is 17.0. The largest absolute Gasteiger partial charge is 0.478 e. The topological polar surface area (TPSA) is 166 Å². The van der Waals surface area contributed by atoms with Crippen LogP contribution in [0.5, 0.6) is 0 Å². The van der Waals surface area contributed by atoms with Gasteiger partial charge < -0.3 is 26.2 Å². The third kappa shape index (κ3) is 7.25. The van der Waals surface area contributed by atoms with Crippen LogP contribution in [0.15, 0.2) is 52.3 Å². The SMILES string of the molecule is NC(=O)C1(CCN2CCN(C(=O)CC3=C(C(=O)O)C(c4c(Cl)cccc4Cl)C(C(=O)O)=C(CCc4nccs4)N3)CC2)CCCC1. The number of aromatic nitrogens is 1. The number of aliphatic carboxylic acids is 2. The number of carbonyl (C=O) groups is 4. The van der Waals surface area contributed by atoms with Crippen molar-refractivity contribution in [3.8, 4) is 0 Å². The van der Waals surface area contributed by atoms with Gasteiger partial charge in [0.05, 0.1) is 33.9 Å². The van der Waals surface area contributed by atoms with Gasteiger partial charge in [-0.05, 0) is 44.4 Å². The van der Waals surface area contributed by atoms with Crippen LogP contribution < -0.4 is 11.1 Å². The summed E-state index contributed by atoms with van der Waals surface area (Å²) in [7, 11) is 0. The maximum Gasteiger partial charge on any atom is 0.334 e. The molecule has 1 aromatic heterocycles. The molecule has 3 heterocycles. The van der Waals surface area contributed by atoms with Gasteiger partial charge >= 0.3 is 11.9 Å². The van der Waals surface area contributed by atoms with Gasteiger partial charge in [0, 0.05) is 71.2 Å². The second-order valence-electron chi connectivity index (χ2n) is 12.0. The summed E-state index contributed by atoms with van der Waals surface area (Å²) in [6, 6.07) is 4.65. The fourth-order valence-corrected chi connectivity index (χ4v) is 8.10. The Morgan fingerprint density at radius 3 is 2.17 bits per heavy atom.